The maximum Gasteiger partial charge on any atom is 0.283 e. The Hall–Kier alpha value is -0.880. The molecule has 19 heavy (non-hydrogen) atoms. The van der Waals surface area contributed by atoms with Gasteiger partial charge in [-0.1, -0.05) is 13.3 Å². The Morgan fingerprint density at radius 3 is 3.05 bits per heavy atom. The highest BCUT2D eigenvalue weighted by Gasteiger charge is 2.20. The van der Waals surface area contributed by atoms with E-state index in [9.17, 15) is 4.79 Å². The Labute approximate surface area is 122 Å². The van der Waals surface area contributed by atoms with Crippen LogP contribution in [0.4, 0.5) is 5.69 Å². The maximum atomic E-state index is 12.2. The predicted molar refractivity (Wildman–Crippen MR) is 80.8 cm³/mol. The van der Waals surface area contributed by atoms with Gasteiger partial charge in [-0.2, -0.15) is 5.10 Å². The zero-order valence-corrected chi connectivity index (χ0v) is 13.1. The number of nitrogens with one attached hydrogen (secondary N) is 1. The van der Waals surface area contributed by atoms with Crippen molar-refractivity contribution < 1.29 is 0 Å². The lowest BCUT2D eigenvalue weighted by atomic mass is 10.2. The van der Waals surface area contributed by atoms with Crippen LogP contribution in [0, 0.1) is 0 Å². The first kappa shape index (κ1) is 14.5. The highest BCUT2D eigenvalue weighted by molar-refractivity contribution is 9.10. The van der Waals surface area contributed by atoms with E-state index in [1.807, 2.05) is 0 Å². The largest absolute Gasteiger partial charge is 0.366 e. The van der Waals surface area contributed by atoms with E-state index < -0.39 is 0 Å². The minimum absolute atomic E-state index is 0.0304. The van der Waals surface area contributed by atoms with Gasteiger partial charge in [0.15, 0.2) is 0 Å². The summed E-state index contributed by atoms with van der Waals surface area (Å²) in [4.78, 5) is 14.4. The van der Waals surface area contributed by atoms with E-state index in [4.69, 9.17) is 0 Å². The standard InChI is InChI=1S/C13H21BrN4O/c1-3-4-6-18-13(19)12(14)11(8-16-18)17-7-5-15-10(2)9-17/h8,10,15H,3-7,9H2,1-2H3/t10-/m0/s1. The van der Waals surface area contributed by atoms with Crippen LogP contribution < -0.4 is 15.8 Å². The molecule has 0 aromatic carbocycles. The topological polar surface area (TPSA) is 50.2 Å². The van der Waals surface area contributed by atoms with Crippen molar-refractivity contribution in [2.24, 2.45) is 0 Å². The summed E-state index contributed by atoms with van der Waals surface area (Å²) in [6.45, 7) is 7.69. The monoisotopic (exact) mass is 328 g/mol. The van der Waals surface area contributed by atoms with Crippen LogP contribution in [0.2, 0.25) is 0 Å². The molecule has 0 bridgehead atoms. The number of hydrogen-bond acceptors (Lipinski definition) is 4. The highest BCUT2D eigenvalue weighted by Crippen LogP contribution is 2.22. The van der Waals surface area contributed by atoms with E-state index in [2.05, 4.69) is 45.1 Å². The van der Waals surface area contributed by atoms with Gasteiger partial charge in [-0.3, -0.25) is 4.79 Å². The van der Waals surface area contributed by atoms with Crippen molar-refractivity contribution in [1.82, 2.24) is 15.1 Å². The van der Waals surface area contributed by atoms with Crippen molar-refractivity contribution in [2.45, 2.75) is 39.3 Å². The molecule has 0 spiro atoms. The molecule has 1 fully saturated rings. The van der Waals surface area contributed by atoms with Gasteiger partial charge in [-0.25, -0.2) is 4.68 Å². The molecule has 2 heterocycles. The van der Waals surface area contributed by atoms with Crippen LogP contribution in [-0.2, 0) is 6.54 Å². The molecule has 1 aromatic rings. The minimum atomic E-state index is -0.0304. The number of aromatic nitrogens is 2. The second kappa shape index (κ2) is 6.52. The van der Waals surface area contributed by atoms with E-state index in [1.54, 1.807) is 10.9 Å². The Morgan fingerprint density at radius 2 is 2.37 bits per heavy atom. The number of hydrogen-bond donors (Lipinski definition) is 1. The average molecular weight is 329 g/mol. The first-order valence-electron chi connectivity index (χ1n) is 6.87. The summed E-state index contributed by atoms with van der Waals surface area (Å²) >= 11 is 3.44. The summed E-state index contributed by atoms with van der Waals surface area (Å²) < 4.78 is 2.18. The summed E-state index contributed by atoms with van der Waals surface area (Å²) in [6.07, 6.45) is 3.84. The molecule has 1 saturated heterocycles. The zero-order valence-electron chi connectivity index (χ0n) is 11.5. The van der Waals surface area contributed by atoms with E-state index in [0.717, 1.165) is 38.2 Å². The fourth-order valence-electron chi connectivity index (χ4n) is 2.30. The molecular weight excluding hydrogens is 308 g/mol. The van der Waals surface area contributed by atoms with Crippen molar-refractivity contribution in [3.05, 3.63) is 21.0 Å². The Bertz CT molecular complexity index is 488. The van der Waals surface area contributed by atoms with Gasteiger partial charge in [0.05, 0.1) is 11.9 Å². The molecule has 6 heteroatoms. The molecule has 0 amide bonds. The molecule has 0 saturated carbocycles. The molecule has 0 unspecified atom stereocenters. The molecule has 5 nitrogen and oxygen atoms in total. The van der Waals surface area contributed by atoms with Gasteiger partial charge in [0.1, 0.15) is 4.47 Å². The number of rotatable bonds is 4. The van der Waals surface area contributed by atoms with Crippen LogP contribution >= 0.6 is 15.9 Å². The van der Waals surface area contributed by atoms with Crippen LogP contribution in [0.1, 0.15) is 26.7 Å². The van der Waals surface area contributed by atoms with Crippen LogP contribution in [0.15, 0.2) is 15.5 Å². The summed E-state index contributed by atoms with van der Waals surface area (Å²) in [5.74, 6) is 0. The second-order valence-electron chi connectivity index (χ2n) is 5.03. The van der Waals surface area contributed by atoms with Crippen molar-refractivity contribution in [3.63, 3.8) is 0 Å². The zero-order chi connectivity index (χ0) is 13.8. The molecule has 1 N–H and O–H groups in total. The van der Waals surface area contributed by atoms with E-state index in [-0.39, 0.29) is 5.56 Å². The summed E-state index contributed by atoms with van der Waals surface area (Å²) in [5, 5.41) is 7.68. The summed E-state index contributed by atoms with van der Waals surface area (Å²) in [6, 6.07) is 0.433. The second-order valence-corrected chi connectivity index (χ2v) is 5.82. The first-order chi connectivity index (χ1) is 9.13. The molecule has 2 rings (SSSR count). The molecule has 1 atom stereocenters. The van der Waals surface area contributed by atoms with Gasteiger partial charge >= 0.3 is 0 Å². The lowest BCUT2D eigenvalue weighted by molar-refractivity contribution is 0.481. The Kier molecular flexibility index (Phi) is 4.99. The molecule has 106 valence electrons. The SMILES string of the molecule is CCCCn1ncc(N2CCN[C@@H](C)C2)c(Br)c1=O. The summed E-state index contributed by atoms with van der Waals surface area (Å²) in [5.41, 5.74) is 0.878. The van der Waals surface area contributed by atoms with Crippen LogP contribution in [0.3, 0.4) is 0 Å². The fourth-order valence-corrected chi connectivity index (χ4v) is 2.85. The third-order valence-electron chi connectivity index (χ3n) is 3.40. The van der Waals surface area contributed by atoms with E-state index in [1.165, 1.54) is 0 Å². The number of nitrogens with zero attached hydrogens (tertiary/aromatic N) is 3. The summed E-state index contributed by atoms with van der Waals surface area (Å²) in [7, 11) is 0. The van der Waals surface area contributed by atoms with Gasteiger partial charge in [-0.05, 0) is 29.3 Å². The average Bonchev–Trinajstić information content (AvgIpc) is 2.40. The molecule has 1 aromatic heterocycles. The van der Waals surface area contributed by atoms with Gasteiger partial charge in [0, 0.05) is 32.2 Å². The lowest BCUT2D eigenvalue weighted by Crippen LogP contribution is -2.49. The third kappa shape index (κ3) is 3.36. The molecule has 0 aliphatic carbocycles. The van der Waals surface area contributed by atoms with Crippen LogP contribution in [-0.4, -0.2) is 35.5 Å². The number of piperazine rings is 1. The quantitative estimate of drug-likeness (QED) is 0.912. The third-order valence-corrected chi connectivity index (χ3v) is 4.14. The molecule has 1 aliphatic rings. The van der Waals surface area contributed by atoms with Crippen LogP contribution in [0.5, 0.6) is 0 Å². The number of aryl methyl sites for hydroxylation is 1. The molecule has 0 radical (unpaired) electrons. The van der Waals surface area contributed by atoms with Crippen molar-refractivity contribution in [2.75, 3.05) is 24.5 Å². The Morgan fingerprint density at radius 1 is 1.58 bits per heavy atom. The van der Waals surface area contributed by atoms with Gasteiger partial charge in [0.25, 0.3) is 5.56 Å². The van der Waals surface area contributed by atoms with Crippen molar-refractivity contribution in [3.8, 4) is 0 Å². The number of unbranched alkanes of at least 4 members (excludes halogenated alkanes) is 1. The van der Waals surface area contributed by atoms with Gasteiger partial charge in [-0.15, -0.1) is 0 Å². The number of anilines is 1. The minimum Gasteiger partial charge on any atom is -0.366 e. The van der Waals surface area contributed by atoms with Gasteiger partial charge < -0.3 is 10.2 Å². The highest BCUT2D eigenvalue weighted by atomic mass is 79.9. The predicted octanol–water partition coefficient (Wildman–Crippen LogP) is 1.60. The van der Waals surface area contributed by atoms with E-state index >= 15 is 0 Å². The lowest BCUT2D eigenvalue weighted by Gasteiger charge is -2.33. The first-order valence-corrected chi connectivity index (χ1v) is 7.66. The van der Waals surface area contributed by atoms with Gasteiger partial charge in [0.2, 0.25) is 0 Å². The van der Waals surface area contributed by atoms with Crippen LogP contribution in [0.25, 0.3) is 0 Å². The van der Waals surface area contributed by atoms with E-state index in [0.29, 0.717) is 17.1 Å². The Balaban J connectivity index is 2.22. The maximum absolute atomic E-state index is 12.2. The molecular formula is C13H21BrN4O. The normalized spacial score (nSPS) is 19.7. The van der Waals surface area contributed by atoms with Crippen molar-refractivity contribution in [1.29, 1.82) is 0 Å². The van der Waals surface area contributed by atoms with Crippen molar-refractivity contribution >= 4 is 21.6 Å². The molecule has 1 aliphatic heterocycles. The smallest absolute Gasteiger partial charge is 0.283 e. The fraction of sp³-hybridized carbons (Fsp3) is 0.692. The number of halogens is 1.